The lowest BCUT2D eigenvalue weighted by Gasteiger charge is -1.73. The van der Waals surface area contributed by atoms with Crippen LogP contribution < -0.4 is 0 Å². The van der Waals surface area contributed by atoms with Crippen molar-refractivity contribution in [3.63, 3.8) is 0 Å². The number of aromatic amines is 2. The van der Waals surface area contributed by atoms with E-state index in [1.807, 2.05) is 0 Å². The Morgan fingerprint density at radius 2 is 1.36 bits per heavy atom. The van der Waals surface area contributed by atoms with Gasteiger partial charge >= 0.3 is 0 Å². The van der Waals surface area contributed by atoms with E-state index in [4.69, 9.17) is 0 Å². The summed E-state index contributed by atoms with van der Waals surface area (Å²) in [4.78, 5) is 13.6. The first-order chi connectivity index (χ1) is 6.95. The molecule has 0 spiro atoms. The van der Waals surface area contributed by atoms with Crippen molar-refractivity contribution < 1.29 is 0 Å². The predicted octanol–water partition coefficient (Wildman–Crippen LogP) is 0.536. The molecule has 0 radical (unpaired) electrons. The number of nitrogens with one attached hydrogen (secondary N) is 2. The minimum absolute atomic E-state index is 0.610. The smallest absolute Gasteiger partial charge is 0.183 e. The van der Waals surface area contributed by atoms with Gasteiger partial charge in [0.15, 0.2) is 11.6 Å². The number of hydrogen-bond donors (Lipinski definition) is 2. The summed E-state index contributed by atoms with van der Waals surface area (Å²) in [5, 5.41) is 0. The Labute approximate surface area is 80.8 Å². The van der Waals surface area contributed by atoms with Crippen molar-refractivity contribution in [1.29, 1.82) is 0 Å². The molecule has 0 bridgehead atoms. The Balaban J connectivity index is 2.07. The third-order valence-corrected chi connectivity index (χ3v) is 1.42. The summed E-state index contributed by atoms with van der Waals surface area (Å²) in [5.74, 6) is 12.1. The van der Waals surface area contributed by atoms with Crippen LogP contribution >= 0.6 is 0 Å². The van der Waals surface area contributed by atoms with E-state index in [1.165, 1.54) is 0 Å². The molecule has 0 amide bonds. The first kappa shape index (κ1) is 8.15. The van der Waals surface area contributed by atoms with Gasteiger partial charge in [0.2, 0.25) is 0 Å². The molecule has 2 N–H and O–H groups in total. The minimum Gasteiger partial charge on any atom is -0.338 e. The third-order valence-electron chi connectivity index (χ3n) is 1.42. The average molecular weight is 182 g/mol. The van der Waals surface area contributed by atoms with Crippen molar-refractivity contribution in [2.75, 3.05) is 0 Å². The van der Waals surface area contributed by atoms with Gasteiger partial charge in [-0.15, -0.1) is 0 Å². The van der Waals surface area contributed by atoms with Crippen LogP contribution in [0, 0.1) is 23.7 Å². The molecular weight excluding hydrogens is 176 g/mol. The van der Waals surface area contributed by atoms with Crippen LogP contribution in [0.25, 0.3) is 0 Å². The van der Waals surface area contributed by atoms with Gasteiger partial charge in [0, 0.05) is 24.8 Å². The van der Waals surface area contributed by atoms with Gasteiger partial charge in [-0.25, -0.2) is 9.97 Å². The second-order valence-electron chi connectivity index (χ2n) is 2.38. The van der Waals surface area contributed by atoms with Gasteiger partial charge in [-0.2, -0.15) is 0 Å². The molecule has 0 aliphatic heterocycles. The summed E-state index contributed by atoms with van der Waals surface area (Å²) in [6.45, 7) is 0. The fourth-order valence-electron chi connectivity index (χ4n) is 0.848. The zero-order valence-corrected chi connectivity index (χ0v) is 7.20. The van der Waals surface area contributed by atoms with E-state index in [-0.39, 0.29) is 0 Å². The highest BCUT2D eigenvalue weighted by molar-refractivity contribution is 5.36. The number of aromatic nitrogens is 4. The van der Waals surface area contributed by atoms with Crippen molar-refractivity contribution >= 4 is 0 Å². The van der Waals surface area contributed by atoms with E-state index in [0.717, 1.165) is 0 Å². The lowest BCUT2D eigenvalue weighted by molar-refractivity contribution is 1.25. The summed E-state index contributed by atoms with van der Waals surface area (Å²) in [5.41, 5.74) is 0. The molecule has 14 heavy (non-hydrogen) atoms. The number of nitrogens with zero attached hydrogens (tertiary/aromatic N) is 2. The SMILES string of the molecule is C(C#Cc1ncc[nH]1)#Cc1ncc[nH]1. The largest absolute Gasteiger partial charge is 0.338 e. The molecule has 4 heteroatoms. The highest BCUT2D eigenvalue weighted by atomic mass is 14.9. The normalized spacial score (nSPS) is 8.29. The average Bonchev–Trinajstić information content (AvgIpc) is 2.86. The zero-order valence-electron chi connectivity index (χ0n) is 7.20. The summed E-state index contributed by atoms with van der Waals surface area (Å²) in [6, 6.07) is 0. The second-order valence-corrected chi connectivity index (χ2v) is 2.38. The number of hydrogen-bond acceptors (Lipinski definition) is 2. The summed E-state index contributed by atoms with van der Waals surface area (Å²) in [6.07, 6.45) is 6.71. The van der Waals surface area contributed by atoms with E-state index in [0.29, 0.717) is 11.6 Å². The van der Waals surface area contributed by atoms with Gasteiger partial charge in [-0.05, 0) is 23.7 Å². The van der Waals surface area contributed by atoms with Crippen LogP contribution in [0.1, 0.15) is 11.6 Å². The summed E-state index contributed by atoms with van der Waals surface area (Å²) in [7, 11) is 0. The van der Waals surface area contributed by atoms with Gasteiger partial charge in [-0.3, -0.25) is 0 Å². The maximum absolute atomic E-state index is 3.93. The van der Waals surface area contributed by atoms with E-state index in [9.17, 15) is 0 Å². The molecule has 0 saturated carbocycles. The molecule has 0 aliphatic rings. The fourth-order valence-corrected chi connectivity index (χ4v) is 0.848. The molecule has 0 unspecified atom stereocenters. The van der Waals surface area contributed by atoms with Crippen LogP contribution in [0.3, 0.4) is 0 Å². The number of imidazole rings is 2. The van der Waals surface area contributed by atoms with Gasteiger partial charge in [0.25, 0.3) is 0 Å². The first-order valence-corrected chi connectivity index (χ1v) is 3.96. The molecule has 0 aliphatic carbocycles. The molecule has 66 valence electrons. The topological polar surface area (TPSA) is 57.4 Å². The van der Waals surface area contributed by atoms with Crippen LogP contribution in [-0.4, -0.2) is 19.9 Å². The van der Waals surface area contributed by atoms with E-state index >= 15 is 0 Å². The Bertz CT molecular complexity index is 450. The molecule has 2 aromatic heterocycles. The Hall–Kier alpha value is -2.46. The Morgan fingerprint density at radius 3 is 1.71 bits per heavy atom. The van der Waals surface area contributed by atoms with Crippen LogP contribution in [0.4, 0.5) is 0 Å². The van der Waals surface area contributed by atoms with Gasteiger partial charge in [-0.1, -0.05) is 0 Å². The second kappa shape index (κ2) is 3.97. The fraction of sp³-hybridized carbons (Fsp3) is 0. The monoisotopic (exact) mass is 182 g/mol. The van der Waals surface area contributed by atoms with Crippen molar-refractivity contribution in [1.82, 2.24) is 19.9 Å². The van der Waals surface area contributed by atoms with Crippen LogP contribution in [0.2, 0.25) is 0 Å². The predicted molar refractivity (Wildman–Crippen MR) is 50.9 cm³/mol. The molecule has 0 aromatic carbocycles. The van der Waals surface area contributed by atoms with Crippen LogP contribution in [0.15, 0.2) is 24.8 Å². The Kier molecular flexibility index (Phi) is 2.31. The Morgan fingerprint density at radius 1 is 0.857 bits per heavy atom. The van der Waals surface area contributed by atoms with Crippen molar-refractivity contribution in [3.05, 3.63) is 36.4 Å². The van der Waals surface area contributed by atoms with Crippen LogP contribution in [0.5, 0.6) is 0 Å². The standard InChI is InChI=1S/C10H6N4/c1(3-9-11-5-6-12-9)2-4-10-13-7-8-14-10/h5-8H,(H,11,12)(H,13,14). The van der Waals surface area contributed by atoms with Crippen molar-refractivity contribution in [2.45, 2.75) is 0 Å². The molecule has 2 heterocycles. The lowest BCUT2D eigenvalue weighted by atomic mass is 10.5. The third kappa shape index (κ3) is 2.02. The summed E-state index contributed by atoms with van der Waals surface area (Å²) >= 11 is 0. The molecule has 2 rings (SSSR count). The highest BCUT2D eigenvalue weighted by Gasteiger charge is 1.83. The summed E-state index contributed by atoms with van der Waals surface area (Å²) < 4.78 is 0. The molecule has 0 fully saturated rings. The molecule has 2 aromatic rings. The molecule has 4 nitrogen and oxygen atoms in total. The van der Waals surface area contributed by atoms with Crippen molar-refractivity contribution in [3.8, 4) is 23.7 Å². The van der Waals surface area contributed by atoms with Crippen molar-refractivity contribution in [2.24, 2.45) is 0 Å². The number of rotatable bonds is 0. The maximum Gasteiger partial charge on any atom is 0.183 e. The highest BCUT2D eigenvalue weighted by Crippen LogP contribution is 1.83. The molecule has 0 saturated heterocycles. The first-order valence-electron chi connectivity index (χ1n) is 3.96. The van der Waals surface area contributed by atoms with Gasteiger partial charge in [0.1, 0.15) is 0 Å². The zero-order chi connectivity index (χ0) is 9.64. The number of H-pyrrole nitrogens is 2. The van der Waals surface area contributed by atoms with Gasteiger partial charge in [0.05, 0.1) is 0 Å². The quantitative estimate of drug-likeness (QED) is 0.584. The van der Waals surface area contributed by atoms with Gasteiger partial charge < -0.3 is 9.97 Å². The van der Waals surface area contributed by atoms with E-state index < -0.39 is 0 Å². The molecule has 0 atom stereocenters. The molecular formula is C10H6N4. The van der Waals surface area contributed by atoms with Crippen LogP contribution in [-0.2, 0) is 0 Å². The maximum atomic E-state index is 3.93. The minimum atomic E-state index is 0.610. The van der Waals surface area contributed by atoms with E-state index in [1.54, 1.807) is 24.8 Å². The van der Waals surface area contributed by atoms with E-state index in [2.05, 4.69) is 43.6 Å². The lowest BCUT2D eigenvalue weighted by Crippen LogP contribution is -1.75.